The molecule has 0 heterocycles. The Morgan fingerprint density at radius 2 is 1.04 bits per heavy atom. The van der Waals surface area contributed by atoms with Gasteiger partial charge >= 0.3 is 6.03 Å². The Morgan fingerprint density at radius 1 is 0.708 bits per heavy atom. The lowest BCUT2D eigenvalue weighted by molar-refractivity contribution is 0.218. The van der Waals surface area contributed by atoms with Crippen LogP contribution in [-0.2, 0) is 12.8 Å². The van der Waals surface area contributed by atoms with Gasteiger partial charge in [-0.05, 0) is 51.7 Å². The molecule has 128 valence electrons. The van der Waals surface area contributed by atoms with Crippen molar-refractivity contribution in [1.82, 2.24) is 10.6 Å². The zero-order valence-electron chi connectivity index (χ0n) is 15.1. The molecule has 0 atom stereocenters. The van der Waals surface area contributed by atoms with Crippen LogP contribution in [0.4, 0.5) is 4.79 Å². The Labute approximate surface area is 145 Å². The average Bonchev–Trinajstić information content (AvgIpc) is 2.46. The summed E-state index contributed by atoms with van der Waals surface area (Å²) < 4.78 is 0. The number of hydrogen-bond acceptors (Lipinski definition) is 1. The van der Waals surface area contributed by atoms with E-state index in [0.29, 0.717) is 0 Å². The van der Waals surface area contributed by atoms with Crippen LogP contribution in [0.25, 0.3) is 0 Å². The largest absolute Gasteiger partial charge is 0.333 e. The number of urea groups is 1. The highest BCUT2D eigenvalue weighted by molar-refractivity contribution is 5.75. The van der Waals surface area contributed by atoms with E-state index in [1.165, 1.54) is 11.1 Å². The normalized spacial score (nSPS) is 11.8. The molecule has 2 N–H and O–H groups in total. The quantitative estimate of drug-likeness (QED) is 0.816. The summed E-state index contributed by atoms with van der Waals surface area (Å²) in [5, 5.41) is 6.19. The first kappa shape index (κ1) is 18.1. The van der Waals surface area contributed by atoms with E-state index in [1.54, 1.807) is 0 Å². The van der Waals surface area contributed by atoms with Crippen LogP contribution in [0.5, 0.6) is 0 Å². The molecule has 2 aromatic carbocycles. The zero-order chi connectivity index (χ0) is 17.6. The molecule has 0 fully saturated rings. The van der Waals surface area contributed by atoms with E-state index in [-0.39, 0.29) is 17.1 Å². The summed E-state index contributed by atoms with van der Waals surface area (Å²) in [5.74, 6) is 0. The summed E-state index contributed by atoms with van der Waals surface area (Å²) in [4.78, 5) is 12.4. The van der Waals surface area contributed by atoms with Gasteiger partial charge in [-0.25, -0.2) is 4.79 Å². The van der Waals surface area contributed by atoms with Gasteiger partial charge in [0.15, 0.2) is 0 Å². The molecular weight excluding hydrogens is 296 g/mol. The predicted molar refractivity (Wildman–Crippen MR) is 100 cm³/mol. The number of hydrogen-bond donors (Lipinski definition) is 2. The van der Waals surface area contributed by atoms with Crippen molar-refractivity contribution in [2.45, 2.75) is 51.6 Å². The SMILES string of the molecule is CC(C)(Cc1ccccc1)NC(=O)NC(C)(C)Cc1ccccc1. The number of nitrogens with one attached hydrogen (secondary N) is 2. The second kappa shape index (κ2) is 7.52. The van der Waals surface area contributed by atoms with Gasteiger partial charge < -0.3 is 10.6 Å². The number of rotatable bonds is 6. The molecule has 0 aromatic heterocycles. The van der Waals surface area contributed by atoms with E-state index in [2.05, 4.69) is 34.9 Å². The molecule has 0 aliphatic carbocycles. The third kappa shape index (κ3) is 6.07. The van der Waals surface area contributed by atoms with Crippen molar-refractivity contribution in [3.8, 4) is 0 Å². The highest BCUT2D eigenvalue weighted by Crippen LogP contribution is 2.15. The van der Waals surface area contributed by atoms with E-state index < -0.39 is 0 Å². The fourth-order valence-electron chi connectivity index (χ4n) is 2.95. The Hall–Kier alpha value is -2.29. The third-order valence-electron chi connectivity index (χ3n) is 3.88. The number of benzene rings is 2. The predicted octanol–water partition coefficient (Wildman–Crippen LogP) is 4.33. The minimum Gasteiger partial charge on any atom is -0.333 e. The highest BCUT2D eigenvalue weighted by Gasteiger charge is 2.25. The lowest BCUT2D eigenvalue weighted by atomic mass is 9.94. The Morgan fingerprint density at radius 3 is 1.38 bits per heavy atom. The lowest BCUT2D eigenvalue weighted by Crippen LogP contribution is -2.55. The lowest BCUT2D eigenvalue weighted by Gasteiger charge is -2.31. The maximum Gasteiger partial charge on any atom is 0.315 e. The molecule has 2 rings (SSSR count). The van der Waals surface area contributed by atoms with Gasteiger partial charge in [0.25, 0.3) is 0 Å². The standard InChI is InChI=1S/C21H28N2O/c1-20(2,15-17-11-7-5-8-12-17)22-19(24)23-21(3,4)16-18-13-9-6-10-14-18/h5-14H,15-16H2,1-4H3,(H2,22,23,24). The molecular formula is C21H28N2O. The highest BCUT2D eigenvalue weighted by atomic mass is 16.2. The van der Waals surface area contributed by atoms with Crippen molar-refractivity contribution >= 4 is 6.03 Å². The zero-order valence-corrected chi connectivity index (χ0v) is 15.1. The van der Waals surface area contributed by atoms with E-state index in [9.17, 15) is 4.79 Å². The molecule has 0 aliphatic rings. The molecule has 0 spiro atoms. The Bertz CT molecular complexity index is 591. The van der Waals surface area contributed by atoms with Crippen molar-refractivity contribution in [3.05, 3.63) is 71.8 Å². The number of carbonyl (C=O) groups is 1. The first-order valence-corrected chi connectivity index (χ1v) is 8.44. The van der Waals surface area contributed by atoms with Gasteiger partial charge in [0.2, 0.25) is 0 Å². The van der Waals surface area contributed by atoms with Crippen LogP contribution in [-0.4, -0.2) is 17.1 Å². The molecule has 0 unspecified atom stereocenters. The summed E-state index contributed by atoms with van der Waals surface area (Å²) in [7, 11) is 0. The molecule has 0 saturated carbocycles. The maximum absolute atomic E-state index is 12.4. The summed E-state index contributed by atoms with van der Waals surface area (Å²) in [6.07, 6.45) is 1.58. The smallest absolute Gasteiger partial charge is 0.315 e. The van der Waals surface area contributed by atoms with Crippen LogP contribution in [0, 0.1) is 0 Å². The van der Waals surface area contributed by atoms with Crippen LogP contribution in [0.15, 0.2) is 60.7 Å². The Kier molecular flexibility index (Phi) is 5.66. The molecule has 0 saturated heterocycles. The summed E-state index contributed by atoms with van der Waals surface area (Å²) in [6.45, 7) is 8.18. The molecule has 2 amide bonds. The topological polar surface area (TPSA) is 41.1 Å². The van der Waals surface area contributed by atoms with Gasteiger partial charge in [0, 0.05) is 11.1 Å². The molecule has 0 bridgehead atoms. The van der Waals surface area contributed by atoms with Gasteiger partial charge in [-0.2, -0.15) is 0 Å². The van der Waals surface area contributed by atoms with Gasteiger partial charge in [-0.1, -0.05) is 60.7 Å². The Balaban J connectivity index is 1.91. The second-order valence-electron chi connectivity index (χ2n) is 7.67. The van der Waals surface area contributed by atoms with Crippen LogP contribution in [0.3, 0.4) is 0 Å². The monoisotopic (exact) mass is 324 g/mol. The molecule has 3 heteroatoms. The molecule has 3 nitrogen and oxygen atoms in total. The molecule has 0 aliphatic heterocycles. The van der Waals surface area contributed by atoms with Gasteiger partial charge in [-0.3, -0.25) is 0 Å². The fraction of sp³-hybridized carbons (Fsp3) is 0.381. The minimum absolute atomic E-state index is 0.128. The van der Waals surface area contributed by atoms with Crippen LogP contribution >= 0.6 is 0 Å². The van der Waals surface area contributed by atoms with Crippen LogP contribution in [0.1, 0.15) is 38.8 Å². The van der Waals surface area contributed by atoms with Crippen molar-refractivity contribution in [2.24, 2.45) is 0 Å². The summed E-state index contributed by atoms with van der Waals surface area (Å²) >= 11 is 0. The first-order chi connectivity index (χ1) is 11.3. The van der Waals surface area contributed by atoms with Crippen molar-refractivity contribution < 1.29 is 4.79 Å². The molecule has 24 heavy (non-hydrogen) atoms. The van der Waals surface area contributed by atoms with Crippen molar-refractivity contribution in [1.29, 1.82) is 0 Å². The maximum atomic E-state index is 12.4. The average molecular weight is 324 g/mol. The van der Waals surface area contributed by atoms with E-state index in [1.807, 2.05) is 64.1 Å². The van der Waals surface area contributed by atoms with Crippen LogP contribution < -0.4 is 10.6 Å². The van der Waals surface area contributed by atoms with Gasteiger partial charge in [-0.15, -0.1) is 0 Å². The van der Waals surface area contributed by atoms with E-state index >= 15 is 0 Å². The van der Waals surface area contributed by atoms with Gasteiger partial charge in [0.1, 0.15) is 0 Å². The van der Waals surface area contributed by atoms with Gasteiger partial charge in [0.05, 0.1) is 0 Å². The number of amides is 2. The minimum atomic E-state index is -0.311. The van der Waals surface area contributed by atoms with Crippen molar-refractivity contribution in [3.63, 3.8) is 0 Å². The van der Waals surface area contributed by atoms with Crippen LogP contribution in [0.2, 0.25) is 0 Å². The van der Waals surface area contributed by atoms with Crippen molar-refractivity contribution in [2.75, 3.05) is 0 Å². The van der Waals surface area contributed by atoms with E-state index in [0.717, 1.165) is 12.8 Å². The number of carbonyl (C=O) groups excluding carboxylic acids is 1. The second-order valence-corrected chi connectivity index (χ2v) is 7.67. The van der Waals surface area contributed by atoms with E-state index in [4.69, 9.17) is 0 Å². The fourth-order valence-corrected chi connectivity index (χ4v) is 2.95. The molecule has 0 radical (unpaired) electrons. The summed E-state index contributed by atoms with van der Waals surface area (Å²) in [5.41, 5.74) is 1.81. The third-order valence-corrected chi connectivity index (χ3v) is 3.88. The molecule has 2 aromatic rings. The summed E-state index contributed by atoms with van der Waals surface area (Å²) in [6, 6.07) is 20.3. The first-order valence-electron chi connectivity index (χ1n) is 8.44.